The average Bonchev–Trinajstić information content (AvgIpc) is 2.37. The first-order valence-corrected chi connectivity index (χ1v) is 6.86. The summed E-state index contributed by atoms with van der Waals surface area (Å²) in [5.74, 6) is 0. The van der Waals surface area contributed by atoms with Gasteiger partial charge in [0.25, 0.3) is 5.69 Å². The van der Waals surface area contributed by atoms with Crippen molar-refractivity contribution in [3.8, 4) is 0 Å². The van der Waals surface area contributed by atoms with E-state index in [0.29, 0.717) is 5.56 Å². The summed E-state index contributed by atoms with van der Waals surface area (Å²) in [6.07, 6.45) is 2.64. The number of nitro benzene ring substituents is 1. The Hall–Kier alpha value is -1.23. The maximum Gasteiger partial charge on any atom is 0.316 e. The van der Waals surface area contributed by atoms with E-state index in [2.05, 4.69) is 18.4 Å². The second-order valence-corrected chi connectivity index (χ2v) is 4.30. The molecule has 0 amide bonds. The zero-order chi connectivity index (χ0) is 14.0. The van der Waals surface area contributed by atoms with Gasteiger partial charge in [0, 0.05) is 12.1 Å². The predicted octanol–water partition coefficient (Wildman–Crippen LogP) is 3.30. The Labute approximate surface area is 107 Å². The highest BCUT2D eigenvalue weighted by molar-refractivity contribution is 7.32. The fourth-order valence-corrected chi connectivity index (χ4v) is 1.15. The Kier molecular flexibility index (Phi) is 9.10. The van der Waals surface area contributed by atoms with Gasteiger partial charge in [-0.25, -0.2) is 0 Å². The highest BCUT2D eigenvalue weighted by Gasteiger charge is 2.04. The van der Waals surface area contributed by atoms with Crippen LogP contribution in [-0.2, 0) is 15.7 Å². The minimum Gasteiger partial charge on any atom is -0.326 e. The van der Waals surface area contributed by atoms with Crippen molar-refractivity contribution in [2.75, 3.05) is 0 Å². The van der Waals surface area contributed by atoms with Crippen LogP contribution >= 0.6 is 8.25 Å². The van der Waals surface area contributed by atoms with Gasteiger partial charge < -0.3 is 9.42 Å². The van der Waals surface area contributed by atoms with E-state index < -0.39 is 13.2 Å². The summed E-state index contributed by atoms with van der Waals surface area (Å²) in [5.41, 5.74) is 0.591. The summed E-state index contributed by atoms with van der Waals surface area (Å²) in [7, 11) is -2.94. The van der Waals surface area contributed by atoms with Crippen molar-refractivity contribution >= 4 is 13.9 Å². The van der Waals surface area contributed by atoms with Crippen LogP contribution in [0.4, 0.5) is 5.69 Å². The summed E-state index contributed by atoms with van der Waals surface area (Å²) in [4.78, 5) is 18.1. The zero-order valence-electron chi connectivity index (χ0n) is 10.5. The fourth-order valence-electron chi connectivity index (χ4n) is 0.859. The average molecular weight is 275 g/mol. The molecule has 0 radical (unpaired) electrons. The monoisotopic (exact) mass is 275 g/mol. The molecule has 0 aliphatic heterocycles. The van der Waals surface area contributed by atoms with Gasteiger partial charge in [0.05, 0.1) is 11.5 Å². The molecule has 0 aliphatic carbocycles. The Bertz CT molecular complexity index is 378. The predicted molar refractivity (Wildman–Crippen MR) is 69.7 cm³/mol. The second-order valence-electron chi connectivity index (χ2n) is 3.48. The molecule has 0 bridgehead atoms. The van der Waals surface area contributed by atoms with Gasteiger partial charge in [-0.3, -0.25) is 14.7 Å². The van der Waals surface area contributed by atoms with E-state index in [0.717, 1.165) is 0 Å². The third-order valence-electron chi connectivity index (χ3n) is 2.01. The van der Waals surface area contributed by atoms with E-state index in [1.807, 2.05) is 0 Å². The SMILES string of the molecule is CCCC.O=[N+]([O-])c1ccc(CO[PH](=O)O)cc1. The molecule has 7 heteroatoms. The minimum absolute atomic E-state index is 0.0215. The van der Waals surface area contributed by atoms with Crippen molar-refractivity contribution < 1.29 is 18.9 Å². The van der Waals surface area contributed by atoms with Gasteiger partial charge in [-0.05, 0) is 17.7 Å². The molecule has 1 rings (SSSR count). The van der Waals surface area contributed by atoms with Crippen LogP contribution in [-0.4, -0.2) is 9.82 Å². The quantitative estimate of drug-likeness (QED) is 0.506. The summed E-state index contributed by atoms with van der Waals surface area (Å²) in [6.45, 7) is 4.34. The first-order valence-electron chi connectivity index (χ1n) is 5.60. The first kappa shape index (κ1) is 16.8. The molecule has 1 N–H and O–H groups in total. The maximum absolute atomic E-state index is 10.3. The molecule has 102 valence electrons. The van der Waals surface area contributed by atoms with Crippen molar-refractivity contribution in [2.24, 2.45) is 0 Å². The largest absolute Gasteiger partial charge is 0.326 e. The zero-order valence-corrected chi connectivity index (χ0v) is 11.5. The summed E-state index contributed by atoms with van der Waals surface area (Å²) in [5, 5.41) is 10.3. The molecule has 1 atom stereocenters. The van der Waals surface area contributed by atoms with Crippen LogP contribution in [0.25, 0.3) is 0 Å². The van der Waals surface area contributed by atoms with E-state index in [1.165, 1.54) is 37.1 Å². The first-order chi connectivity index (χ1) is 8.51. The smallest absolute Gasteiger partial charge is 0.316 e. The molecular weight excluding hydrogens is 257 g/mol. The Morgan fingerprint density at radius 1 is 1.28 bits per heavy atom. The van der Waals surface area contributed by atoms with Crippen molar-refractivity contribution in [3.05, 3.63) is 39.9 Å². The summed E-state index contributed by atoms with van der Waals surface area (Å²) in [6, 6.07) is 5.58. The number of hydrogen-bond acceptors (Lipinski definition) is 4. The lowest BCUT2D eigenvalue weighted by atomic mass is 10.2. The molecule has 0 aromatic heterocycles. The molecular formula is C11H18NO5P. The molecule has 1 unspecified atom stereocenters. The van der Waals surface area contributed by atoms with Gasteiger partial charge in [-0.1, -0.05) is 26.7 Å². The van der Waals surface area contributed by atoms with Crippen LogP contribution in [0.5, 0.6) is 0 Å². The van der Waals surface area contributed by atoms with E-state index in [1.54, 1.807) is 0 Å². The molecule has 1 aromatic rings. The third kappa shape index (κ3) is 7.95. The van der Waals surface area contributed by atoms with Crippen LogP contribution in [0.2, 0.25) is 0 Å². The Balaban J connectivity index is 0.000000631. The summed E-state index contributed by atoms with van der Waals surface area (Å²) < 4.78 is 14.7. The van der Waals surface area contributed by atoms with Gasteiger partial charge in [0.1, 0.15) is 0 Å². The number of nitrogens with zero attached hydrogens (tertiary/aromatic N) is 1. The maximum atomic E-state index is 10.3. The topological polar surface area (TPSA) is 89.7 Å². The van der Waals surface area contributed by atoms with Gasteiger partial charge in [-0.15, -0.1) is 0 Å². The highest BCUT2D eigenvalue weighted by atomic mass is 31.1. The standard InChI is InChI=1S/C7H8NO5P.C4H10/c9-8(10)7-3-1-6(2-4-7)5-13-14(11)12;1-3-4-2/h1-4,14H,5H2,(H,11,12);3-4H2,1-2H3. The Morgan fingerprint density at radius 3 is 2.11 bits per heavy atom. The molecule has 6 nitrogen and oxygen atoms in total. The number of nitro groups is 1. The molecule has 0 aliphatic rings. The normalized spacial score (nSPS) is 11.3. The van der Waals surface area contributed by atoms with Gasteiger partial charge >= 0.3 is 8.25 Å². The van der Waals surface area contributed by atoms with Crippen LogP contribution < -0.4 is 0 Å². The second kappa shape index (κ2) is 9.76. The van der Waals surface area contributed by atoms with E-state index in [4.69, 9.17) is 4.89 Å². The Morgan fingerprint density at radius 2 is 1.78 bits per heavy atom. The fraction of sp³-hybridized carbons (Fsp3) is 0.455. The number of unbranched alkanes of at least 4 members (excludes halogenated alkanes) is 1. The molecule has 0 saturated heterocycles. The van der Waals surface area contributed by atoms with Crippen LogP contribution in [0.15, 0.2) is 24.3 Å². The molecule has 1 aromatic carbocycles. The lowest BCUT2D eigenvalue weighted by Gasteiger charge is -1.99. The lowest BCUT2D eigenvalue weighted by Crippen LogP contribution is -1.89. The van der Waals surface area contributed by atoms with E-state index in [-0.39, 0.29) is 12.3 Å². The molecule has 0 spiro atoms. The van der Waals surface area contributed by atoms with Crippen LogP contribution in [0.1, 0.15) is 32.3 Å². The summed E-state index contributed by atoms with van der Waals surface area (Å²) >= 11 is 0. The van der Waals surface area contributed by atoms with E-state index in [9.17, 15) is 14.7 Å². The number of hydrogen-bond donors (Lipinski definition) is 1. The van der Waals surface area contributed by atoms with E-state index >= 15 is 0 Å². The van der Waals surface area contributed by atoms with Gasteiger partial charge in [-0.2, -0.15) is 0 Å². The number of benzene rings is 1. The molecule has 0 saturated carbocycles. The molecule has 0 fully saturated rings. The van der Waals surface area contributed by atoms with Crippen molar-refractivity contribution in [1.29, 1.82) is 0 Å². The van der Waals surface area contributed by atoms with Crippen LogP contribution in [0, 0.1) is 10.1 Å². The molecule has 18 heavy (non-hydrogen) atoms. The van der Waals surface area contributed by atoms with Crippen molar-refractivity contribution in [1.82, 2.24) is 0 Å². The van der Waals surface area contributed by atoms with Crippen molar-refractivity contribution in [2.45, 2.75) is 33.3 Å². The highest BCUT2D eigenvalue weighted by Crippen LogP contribution is 2.19. The number of rotatable bonds is 5. The van der Waals surface area contributed by atoms with Gasteiger partial charge in [0.2, 0.25) is 0 Å². The number of non-ortho nitro benzene ring substituents is 1. The van der Waals surface area contributed by atoms with Crippen LogP contribution in [0.3, 0.4) is 0 Å². The third-order valence-corrected chi connectivity index (χ3v) is 2.40. The molecule has 0 heterocycles. The van der Waals surface area contributed by atoms with Gasteiger partial charge in [0.15, 0.2) is 0 Å². The van der Waals surface area contributed by atoms with Crippen molar-refractivity contribution in [3.63, 3.8) is 0 Å². The lowest BCUT2D eigenvalue weighted by molar-refractivity contribution is -0.384. The minimum atomic E-state index is -2.94.